The first-order valence-electron chi connectivity index (χ1n) is 12.7. The van der Waals surface area contributed by atoms with Crippen molar-refractivity contribution in [3.8, 4) is 0 Å². The van der Waals surface area contributed by atoms with Crippen molar-refractivity contribution in [3.05, 3.63) is 78.4 Å². The van der Waals surface area contributed by atoms with E-state index in [2.05, 4.69) is 10.6 Å². The van der Waals surface area contributed by atoms with Crippen LogP contribution in [0.15, 0.2) is 72.8 Å². The van der Waals surface area contributed by atoms with Crippen LogP contribution >= 0.6 is 11.8 Å². The van der Waals surface area contributed by atoms with Crippen LogP contribution in [0.3, 0.4) is 0 Å². The summed E-state index contributed by atoms with van der Waals surface area (Å²) in [4.78, 5) is 42.8. The largest absolute Gasteiger partial charge is 0.394 e. The van der Waals surface area contributed by atoms with Gasteiger partial charge in [0.1, 0.15) is 6.04 Å². The molecule has 3 amide bonds. The molecule has 3 saturated heterocycles. The van der Waals surface area contributed by atoms with Crippen LogP contribution < -0.4 is 10.6 Å². The lowest BCUT2D eigenvalue weighted by Crippen LogP contribution is -2.52. The minimum absolute atomic E-state index is 0.00341. The average molecular weight is 516 g/mol. The van der Waals surface area contributed by atoms with E-state index in [0.29, 0.717) is 12.1 Å². The lowest BCUT2D eigenvalue weighted by Gasteiger charge is -2.37. The summed E-state index contributed by atoms with van der Waals surface area (Å²) < 4.78 is -0.720. The number of rotatable bonds is 6. The summed E-state index contributed by atoms with van der Waals surface area (Å²) in [6.45, 7) is -0.322. The molecule has 37 heavy (non-hydrogen) atoms. The van der Waals surface area contributed by atoms with Gasteiger partial charge >= 0.3 is 0 Å². The summed E-state index contributed by atoms with van der Waals surface area (Å²) >= 11 is 1.62. The molecule has 3 aromatic rings. The Balaban J connectivity index is 1.42. The van der Waals surface area contributed by atoms with Gasteiger partial charge in [-0.1, -0.05) is 60.7 Å². The van der Waals surface area contributed by atoms with Crippen LogP contribution in [0, 0.1) is 11.8 Å². The second kappa shape index (κ2) is 9.19. The molecular formula is C29H29N3O4S. The Morgan fingerprint density at radius 3 is 2.51 bits per heavy atom. The lowest BCUT2D eigenvalue weighted by atomic mass is 9.70. The molecule has 0 aliphatic carbocycles. The standard InChI is InChI=1S/C29H29N3O4S/c1-30-26(34)23-22-13-14-29(37-22)24(23)28(36)32(21(16-33)18-8-3-2-4-9-18)25(29)27(35)31-20-12-11-17-7-5-6-10-19(17)15-20/h2-12,15,21-25,33H,13-14,16H2,1H3,(H,30,34)(H,31,35)/t21-,22-,23+,24+,25?,29?/m1/s1. The molecule has 0 saturated carbocycles. The van der Waals surface area contributed by atoms with Crippen molar-refractivity contribution in [2.24, 2.45) is 11.8 Å². The van der Waals surface area contributed by atoms with Gasteiger partial charge in [-0.15, -0.1) is 11.8 Å². The summed E-state index contributed by atoms with van der Waals surface area (Å²) in [5, 5.41) is 18.4. The number of fused-ring (bicyclic) bond motifs is 2. The van der Waals surface area contributed by atoms with Gasteiger partial charge in [0.15, 0.2) is 0 Å². The maximum Gasteiger partial charge on any atom is 0.248 e. The van der Waals surface area contributed by atoms with Gasteiger partial charge in [-0.3, -0.25) is 14.4 Å². The minimum Gasteiger partial charge on any atom is -0.394 e. The Hall–Kier alpha value is -3.36. The summed E-state index contributed by atoms with van der Waals surface area (Å²) in [6, 6.07) is 21.5. The van der Waals surface area contributed by atoms with E-state index in [1.54, 1.807) is 23.7 Å². The molecule has 3 aromatic carbocycles. The van der Waals surface area contributed by atoms with Crippen molar-refractivity contribution in [1.29, 1.82) is 0 Å². The molecule has 2 bridgehead atoms. The van der Waals surface area contributed by atoms with Gasteiger partial charge in [-0.05, 0) is 41.3 Å². The molecular weight excluding hydrogens is 486 g/mol. The smallest absolute Gasteiger partial charge is 0.248 e. The van der Waals surface area contributed by atoms with Crippen molar-refractivity contribution < 1.29 is 19.5 Å². The fourth-order valence-electron chi connectivity index (χ4n) is 6.70. The van der Waals surface area contributed by atoms with Gasteiger partial charge in [0, 0.05) is 18.0 Å². The third kappa shape index (κ3) is 3.65. The van der Waals surface area contributed by atoms with Gasteiger partial charge < -0.3 is 20.6 Å². The molecule has 3 aliphatic heterocycles. The first-order valence-corrected chi connectivity index (χ1v) is 13.5. The summed E-state index contributed by atoms with van der Waals surface area (Å²) in [6.07, 6.45) is 1.45. The van der Waals surface area contributed by atoms with Crippen LogP contribution in [0.25, 0.3) is 10.8 Å². The van der Waals surface area contributed by atoms with E-state index in [9.17, 15) is 19.5 Å². The maximum absolute atomic E-state index is 14.2. The SMILES string of the molecule is CNC(=O)[C@@H]1[C@H]2C(=O)N([C@H](CO)c3ccccc3)C(C(=O)Nc3ccc4ccccc4c3)C23CC[C@H]1S3. The van der Waals surface area contributed by atoms with Crippen molar-refractivity contribution in [2.75, 3.05) is 19.0 Å². The number of anilines is 1. The van der Waals surface area contributed by atoms with Crippen molar-refractivity contribution in [1.82, 2.24) is 10.2 Å². The maximum atomic E-state index is 14.2. The lowest BCUT2D eigenvalue weighted by molar-refractivity contribution is -0.142. The number of amides is 3. The van der Waals surface area contributed by atoms with Gasteiger partial charge in [-0.2, -0.15) is 0 Å². The topological polar surface area (TPSA) is 98.7 Å². The number of aliphatic hydroxyl groups is 1. The number of hydrogen-bond acceptors (Lipinski definition) is 5. The number of hydrogen-bond donors (Lipinski definition) is 3. The highest BCUT2D eigenvalue weighted by Gasteiger charge is 2.74. The number of benzene rings is 3. The molecule has 3 aliphatic rings. The molecule has 0 aromatic heterocycles. The predicted molar refractivity (Wildman–Crippen MR) is 144 cm³/mol. The van der Waals surface area contributed by atoms with Gasteiger partial charge in [0.25, 0.3) is 0 Å². The molecule has 7 nitrogen and oxygen atoms in total. The second-order valence-electron chi connectivity index (χ2n) is 10.1. The number of nitrogens with zero attached hydrogens (tertiary/aromatic N) is 1. The first kappa shape index (κ1) is 24.0. The zero-order valence-corrected chi connectivity index (χ0v) is 21.3. The van der Waals surface area contributed by atoms with E-state index in [1.165, 1.54) is 0 Å². The molecule has 3 heterocycles. The van der Waals surface area contributed by atoms with E-state index in [4.69, 9.17) is 0 Å². The number of nitrogens with one attached hydrogen (secondary N) is 2. The molecule has 3 fully saturated rings. The molecule has 0 radical (unpaired) electrons. The third-order valence-electron chi connectivity index (χ3n) is 8.25. The van der Waals surface area contributed by atoms with Crippen LogP contribution in [0.2, 0.25) is 0 Å². The van der Waals surface area contributed by atoms with E-state index in [0.717, 1.165) is 22.8 Å². The molecule has 1 spiro atoms. The highest BCUT2D eigenvalue weighted by atomic mass is 32.2. The zero-order chi connectivity index (χ0) is 25.7. The van der Waals surface area contributed by atoms with Crippen LogP contribution in [-0.4, -0.2) is 57.4 Å². The van der Waals surface area contributed by atoms with Gasteiger partial charge in [0.05, 0.1) is 29.2 Å². The minimum atomic E-state index is -0.821. The fraction of sp³-hybridized carbons (Fsp3) is 0.345. The molecule has 8 heteroatoms. The Morgan fingerprint density at radius 1 is 1.05 bits per heavy atom. The van der Waals surface area contributed by atoms with Crippen molar-refractivity contribution >= 4 is 45.9 Å². The number of likely N-dealkylation sites (tertiary alicyclic amines) is 1. The predicted octanol–water partition coefficient (Wildman–Crippen LogP) is 3.35. The van der Waals surface area contributed by atoms with Crippen molar-refractivity contribution in [2.45, 2.75) is 34.9 Å². The Kier molecular flexibility index (Phi) is 5.96. The average Bonchev–Trinajstić information content (AvgIpc) is 3.57. The zero-order valence-electron chi connectivity index (χ0n) is 20.5. The molecule has 190 valence electrons. The highest BCUT2D eigenvalue weighted by Crippen LogP contribution is 2.67. The number of aliphatic hydroxyl groups excluding tert-OH is 1. The number of carbonyl (C=O) groups is 3. The van der Waals surface area contributed by atoms with E-state index in [1.807, 2.05) is 72.8 Å². The van der Waals surface area contributed by atoms with Gasteiger partial charge in [0.2, 0.25) is 17.7 Å². The number of carbonyl (C=O) groups excluding carboxylic acids is 3. The Morgan fingerprint density at radius 2 is 1.78 bits per heavy atom. The number of thioether (sulfide) groups is 1. The van der Waals surface area contributed by atoms with Crippen LogP contribution in [0.5, 0.6) is 0 Å². The van der Waals surface area contributed by atoms with Crippen molar-refractivity contribution in [3.63, 3.8) is 0 Å². The summed E-state index contributed by atoms with van der Waals surface area (Å²) in [5.41, 5.74) is 1.41. The van der Waals surface area contributed by atoms with E-state index in [-0.39, 0.29) is 29.6 Å². The Bertz CT molecular complexity index is 1380. The third-order valence-corrected chi connectivity index (χ3v) is 10.2. The molecule has 2 unspecified atom stereocenters. The molecule has 6 rings (SSSR count). The normalized spacial score (nSPS) is 28.8. The second-order valence-corrected chi connectivity index (χ2v) is 11.7. The highest BCUT2D eigenvalue weighted by molar-refractivity contribution is 8.02. The van der Waals surface area contributed by atoms with Crippen LogP contribution in [-0.2, 0) is 14.4 Å². The monoisotopic (exact) mass is 515 g/mol. The van der Waals surface area contributed by atoms with E-state index >= 15 is 0 Å². The molecule has 6 atom stereocenters. The Labute approximate surface area is 219 Å². The van der Waals surface area contributed by atoms with Crippen LogP contribution in [0.1, 0.15) is 24.4 Å². The van der Waals surface area contributed by atoms with E-state index < -0.39 is 28.7 Å². The van der Waals surface area contributed by atoms with Gasteiger partial charge in [-0.25, -0.2) is 0 Å². The molecule has 3 N–H and O–H groups in total. The quantitative estimate of drug-likeness (QED) is 0.468. The summed E-state index contributed by atoms with van der Waals surface area (Å²) in [5.74, 6) is -1.78. The van der Waals surface area contributed by atoms with Crippen LogP contribution in [0.4, 0.5) is 5.69 Å². The fourth-order valence-corrected chi connectivity index (χ4v) is 8.91. The first-order chi connectivity index (χ1) is 18.0. The summed E-state index contributed by atoms with van der Waals surface area (Å²) in [7, 11) is 1.59.